The number of rotatable bonds is 3. The lowest BCUT2D eigenvalue weighted by Gasteiger charge is -2.11. The first-order valence-corrected chi connectivity index (χ1v) is 7.80. The maximum atomic E-state index is 12.2. The van der Waals surface area contributed by atoms with Gasteiger partial charge in [0.25, 0.3) is 10.0 Å². The molecule has 19 heavy (non-hydrogen) atoms. The van der Waals surface area contributed by atoms with Crippen LogP contribution in [0.15, 0.2) is 51.8 Å². The van der Waals surface area contributed by atoms with E-state index in [0.717, 1.165) is 10.0 Å². The molecule has 0 aliphatic carbocycles. The molecule has 0 heterocycles. The Balaban J connectivity index is 2.36. The van der Waals surface area contributed by atoms with E-state index in [1.54, 1.807) is 36.4 Å². The van der Waals surface area contributed by atoms with E-state index in [4.69, 9.17) is 5.73 Å². The van der Waals surface area contributed by atoms with Crippen molar-refractivity contribution in [1.29, 1.82) is 0 Å². The first kappa shape index (κ1) is 13.9. The zero-order valence-corrected chi connectivity index (χ0v) is 12.6. The molecule has 0 unspecified atom stereocenters. The molecule has 0 atom stereocenters. The SMILES string of the molecule is Cc1cccc(S(=O)(=O)Nc2ccc(Br)cc2N)c1. The first-order valence-electron chi connectivity index (χ1n) is 5.53. The molecule has 0 saturated carbocycles. The van der Waals surface area contributed by atoms with E-state index in [1.165, 1.54) is 0 Å². The quantitative estimate of drug-likeness (QED) is 0.843. The molecular formula is C13H13BrN2O2S. The third-order valence-corrected chi connectivity index (χ3v) is 4.41. The number of halogens is 1. The molecule has 0 saturated heterocycles. The highest BCUT2D eigenvalue weighted by molar-refractivity contribution is 9.10. The van der Waals surface area contributed by atoms with E-state index in [9.17, 15) is 8.42 Å². The van der Waals surface area contributed by atoms with Crippen molar-refractivity contribution in [2.45, 2.75) is 11.8 Å². The van der Waals surface area contributed by atoms with Crippen LogP contribution >= 0.6 is 15.9 Å². The molecule has 2 aromatic rings. The number of hydrogen-bond donors (Lipinski definition) is 2. The fourth-order valence-electron chi connectivity index (χ4n) is 1.61. The summed E-state index contributed by atoms with van der Waals surface area (Å²) in [4.78, 5) is 0.217. The van der Waals surface area contributed by atoms with Crippen molar-refractivity contribution < 1.29 is 8.42 Å². The van der Waals surface area contributed by atoms with Gasteiger partial charge in [0.1, 0.15) is 0 Å². The van der Waals surface area contributed by atoms with Gasteiger partial charge >= 0.3 is 0 Å². The van der Waals surface area contributed by atoms with Crippen LogP contribution in [0, 0.1) is 6.92 Å². The lowest BCUT2D eigenvalue weighted by Crippen LogP contribution is -2.14. The van der Waals surface area contributed by atoms with Crippen molar-refractivity contribution >= 4 is 37.3 Å². The maximum absolute atomic E-state index is 12.2. The fraction of sp³-hybridized carbons (Fsp3) is 0.0769. The molecule has 2 aromatic carbocycles. The van der Waals surface area contributed by atoms with Crippen LogP contribution in [0.4, 0.5) is 11.4 Å². The average Bonchev–Trinajstić information content (AvgIpc) is 2.33. The Morgan fingerprint density at radius 1 is 1.16 bits per heavy atom. The van der Waals surface area contributed by atoms with Gasteiger partial charge in [-0.25, -0.2) is 8.42 Å². The predicted molar refractivity (Wildman–Crippen MR) is 80.5 cm³/mol. The number of hydrogen-bond acceptors (Lipinski definition) is 3. The zero-order valence-electron chi connectivity index (χ0n) is 10.2. The number of nitrogen functional groups attached to an aromatic ring is 1. The summed E-state index contributed by atoms with van der Waals surface area (Å²) in [5.41, 5.74) is 7.39. The second-order valence-electron chi connectivity index (χ2n) is 4.15. The Hall–Kier alpha value is -1.53. The second-order valence-corrected chi connectivity index (χ2v) is 6.75. The summed E-state index contributed by atoms with van der Waals surface area (Å²) in [5, 5.41) is 0. The summed E-state index contributed by atoms with van der Waals surface area (Å²) in [6.45, 7) is 1.84. The number of nitrogens with two attached hydrogens (primary N) is 1. The maximum Gasteiger partial charge on any atom is 0.261 e. The van der Waals surface area contributed by atoms with Crippen LogP contribution in [-0.2, 0) is 10.0 Å². The molecule has 0 fully saturated rings. The summed E-state index contributed by atoms with van der Waals surface area (Å²) in [6.07, 6.45) is 0. The number of anilines is 2. The molecule has 0 aromatic heterocycles. The number of nitrogens with one attached hydrogen (secondary N) is 1. The first-order chi connectivity index (χ1) is 8.88. The topological polar surface area (TPSA) is 72.2 Å². The van der Waals surface area contributed by atoms with Crippen LogP contribution in [0.5, 0.6) is 0 Å². The molecular weight excluding hydrogens is 328 g/mol. The average molecular weight is 341 g/mol. The number of benzene rings is 2. The van der Waals surface area contributed by atoms with Crippen molar-refractivity contribution in [2.24, 2.45) is 0 Å². The molecule has 4 nitrogen and oxygen atoms in total. The van der Waals surface area contributed by atoms with Crippen molar-refractivity contribution in [2.75, 3.05) is 10.5 Å². The Bertz CT molecular complexity index is 714. The van der Waals surface area contributed by atoms with Gasteiger partial charge in [-0.2, -0.15) is 0 Å². The standard InChI is InChI=1S/C13H13BrN2O2S/c1-9-3-2-4-11(7-9)19(17,18)16-13-6-5-10(14)8-12(13)15/h2-8,16H,15H2,1H3. The highest BCUT2D eigenvalue weighted by Crippen LogP contribution is 2.25. The van der Waals surface area contributed by atoms with Crippen LogP contribution in [0.3, 0.4) is 0 Å². The van der Waals surface area contributed by atoms with E-state index < -0.39 is 10.0 Å². The minimum atomic E-state index is -3.62. The fourth-order valence-corrected chi connectivity index (χ4v) is 3.18. The van der Waals surface area contributed by atoms with Crippen molar-refractivity contribution in [3.8, 4) is 0 Å². The molecule has 6 heteroatoms. The molecule has 3 N–H and O–H groups in total. The highest BCUT2D eigenvalue weighted by atomic mass is 79.9. The minimum absolute atomic E-state index is 0.217. The van der Waals surface area contributed by atoms with Gasteiger partial charge in [0.05, 0.1) is 16.3 Å². The van der Waals surface area contributed by atoms with E-state index in [0.29, 0.717) is 11.4 Å². The Morgan fingerprint density at radius 3 is 2.53 bits per heavy atom. The van der Waals surface area contributed by atoms with Gasteiger partial charge < -0.3 is 5.73 Å². The highest BCUT2D eigenvalue weighted by Gasteiger charge is 2.15. The molecule has 100 valence electrons. The Kier molecular flexibility index (Phi) is 3.82. The Morgan fingerprint density at radius 2 is 1.89 bits per heavy atom. The van der Waals surface area contributed by atoms with E-state index >= 15 is 0 Å². The molecule has 0 aliphatic rings. The van der Waals surface area contributed by atoms with Crippen LogP contribution < -0.4 is 10.5 Å². The molecule has 0 radical (unpaired) electrons. The van der Waals surface area contributed by atoms with Gasteiger partial charge in [-0.15, -0.1) is 0 Å². The monoisotopic (exact) mass is 340 g/mol. The largest absolute Gasteiger partial charge is 0.397 e. The summed E-state index contributed by atoms with van der Waals surface area (Å²) in [6, 6.07) is 11.7. The van der Waals surface area contributed by atoms with Gasteiger partial charge in [0.2, 0.25) is 0 Å². The molecule has 0 spiro atoms. The van der Waals surface area contributed by atoms with Gasteiger partial charge in [-0.3, -0.25) is 4.72 Å². The summed E-state index contributed by atoms with van der Waals surface area (Å²) >= 11 is 3.27. The van der Waals surface area contributed by atoms with Gasteiger partial charge in [0.15, 0.2) is 0 Å². The van der Waals surface area contributed by atoms with Gasteiger partial charge in [0, 0.05) is 4.47 Å². The third-order valence-electron chi connectivity index (χ3n) is 2.56. The smallest absolute Gasteiger partial charge is 0.261 e. The number of aryl methyl sites for hydroxylation is 1. The lowest BCUT2D eigenvalue weighted by atomic mass is 10.2. The Labute approximate surface area is 120 Å². The molecule has 0 aliphatic heterocycles. The van der Waals surface area contributed by atoms with Crippen LogP contribution in [0.25, 0.3) is 0 Å². The molecule has 0 amide bonds. The van der Waals surface area contributed by atoms with Crippen molar-refractivity contribution in [3.63, 3.8) is 0 Å². The van der Waals surface area contributed by atoms with E-state index in [2.05, 4.69) is 20.7 Å². The summed E-state index contributed by atoms with van der Waals surface area (Å²) < 4.78 is 27.7. The second kappa shape index (κ2) is 5.22. The lowest BCUT2D eigenvalue weighted by molar-refractivity contribution is 0.601. The van der Waals surface area contributed by atoms with Crippen LogP contribution in [0.1, 0.15) is 5.56 Å². The van der Waals surface area contributed by atoms with E-state index in [-0.39, 0.29) is 4.90 Å². The normalized spacial score (nSPS) is 11.3. The van der Waals surface area contributed by atoms with Crippen LogP contribution in [-0.4, -0.2) is 8.42 Å². The zero-order chi connectivity index (χ0) is 14.0. The van der Waals surface area contributed by atoms with Crippen molar-refractivity contribution in [1.82, 2.24) is 0 Å². The predicted octanol–water partition coefficient (Wildman–Crippen LogP) is 3.14. The molecule has 2 rings (SSSR count). The summed E-state index contributed by atoms with van der Waals surface area (Å²) in [5.74, 6) is 0. The van der Waals surface area contributed by atoms with Gasteiger partial charge in [-0.1, -0.05) is 28.1 Å². The summed E-state index contributed by atoms with van der Waals surface area (Å²) in [7, 11) is -3.62. The number of sulfonamides is 1. The van der Waals surface area contributed by atoms with Crippen LogP contribution in [0.2, 0.25) is 0 Å². The van der Waals surface area contributed by atoms with Gasteiger partial charge in [-0.05, 0) is 42.8 Å². The third kappa shape index (κ3) is 3.27. The van der Waals surface area contributed by atoms with E-state index in [1.807, 2.05) is 13.0 Å². The van der Waals surface area contributed by atoms with Crippen molar-refractivity contribution in [3.05, 3.63) is 52.5 Å². The molecule has 0 bridgehead atoms. The minimum Gasteiger partial charge on any atom is -0.397 e.